The van der Waals surface area contributed by atoms with Gasteiger partial charge in [-0.2, -0.15) is 9.78 Å². The first-order chi connectivity index (χ1) is 7.54. The van der Waals surface area contributed by atoms with Gasteiger partial charge in [0.05, 0.1) is 19.1 Å². The maximum atomic E-state index is 11.3. The molecule has 1 atom stereocenters. The average Bonchev–Trinajstić information content (AvgIpc) is 2.30. The number of rotatable bonds is 7. The molecule has 16 heavy (non-hydrogen) atoms. The molecule has 0 fully saturated rings. The fourth-order valence-corrected chi connectivity index (χ4v) is 0.674. The van der Waals surface area contributed by atoms with E-state index < -0.39 is 17.9 Å². The van der Waals surface area contributed by atoms with Gasteiger partial charge in [0, 0.05) is 5.57 Å². The highest BCUT2D eigenvalue weighted by atomic mass is 17.2. The predicted octanol–water partition coefficient (Wildman–Crippen LogP) is 1.17. The average molecular weight is 232 g/mol. The molecular weight excluding hydrogens is 216 g/mol. The van der Waals surface area contributed by atoms with Crippen molar-refractivity contribution in [1.29, 1.82) is 0 Å². The van der Waals surface area contributed by atoms with Crippen LogP contribution in [0.1, 0.15) is 20.8 Å². The fraction of sp³-hybridized carbons (Fsp3) is 0.600. The smallest absolute Gasteiger partial charge is 0.298 e. The Balaban J connectivity index is 4.15. The Kier molecular flexibility index (Phi) is 7.15. The van der Waals surface area contributed by atoms with Crippen LogP contribution >= 0.6 is 0 Å². The molecule has 0 bridgehead atoms. The van der Waals surface area contributed by atoms with E-state index in [2.05, 4.69) is 26.1 Å². The van der Waals surface area contributed by atoms with Crippen LogP contribution in [0, 0.1) is 5.92 Å². The Labute approximate surface area is 94.0 Å². The van der Waals surface area contributed by atoms with Crippen LogP contribution in [0.15, 0.2) is 12.2 Å². The van der Waals surface area contributed by atoms with Gasteiger partial charge in [0.15, 0.2) is 0 Å². The first-order valence-electron chi connectivity index (χ1n) is 4.90. The monoisotopic (exact) mass is 232 g/mol. The van der Waals surface area contributed by atoms with Crippen LogP contribution in [0.5, 0.6) is 0 Å². The van der Waals surface area contributed by atoms with Gasteiger partial charge in [0.25, 0.3) is 0 Å². The summed E-state index contributed by atoms with van der Waals surface area (Å²) in [4.78, 5) is 40.1. The van der Waals surface area contributed by atoms with Crippen LogP contribution in [0.25, 0.3) is 0 Å². The normalized spacial score (nSPS) is 11.7. The fourth-order valence-electron chi connectivity index (χ4n) is 0.674. The third kappa shape index (κ3) is 4.90. The summed E-state index contributed by atoms with van der Waals surface area (Å²) in [5.74, 6) is -2.36. The molecule has 92 valence electrons. The largest absolute Gasteiger partial charge is 0.369 e. The van der Waals surface area contributed by atoms with Gasteiger partial charge in [0.1, 0.15) is 0 Å². The molecule has 1 unspecified atom stereocenters. The molecule has 0 aromatic carbocycles. The summed E-state index contributed by atoms with van der Waals surface area (Å²) in [5, 5.41) is 0. The van der Waals surface area contributed by atoms with E-state index in [4.69, 9.17) is 0 Å². The van der Waals surface area contributed by atoms with Gasteiger partial charge in [0.2, 0.25) is 0 Å². The molecule has 0 spiro atoms. The zero-order chi connectivity index (χ0) is 12.6. The Bertz CT molecular complexity index is 260. The van der Waals surface area contributed by atoms with Crippen LogP contribution < -0.4 is 0 Å². The molecule has 6 nitrogen and oxygen atoms in total. The second-order valence-corrected chi connectivity index (χ2v) is 2.83. The molecular formula is C10H16O6. The Morgan fingerprint density at radius 2 is 1.62 bits per heavy atom. The minimum Gasteiger partial charge on any atom is -0.298 e. The first kappa shape index (κ1) is 14.6. The highest BCUT2D eigenvalue weighted by Crippen LogP contribution is 2.12. The van der Waals surface area contributed by atoms with Gasteiger partial charge in [-0.15, -0.1) is 0 Å². The van der Waals surface area contributed by atoms with E-state index in [0.29, 0.717) is 0 Å². The van der Waals surface area contributed by atoms with E-state index in [1.807, 2.05) is 0 Å². The zero-order valence-electron chi connectivity index (χ0n) is 9.65. The topological polar surface area (TPSA) is 71.1 Å². The van der Waals surface area contributed by atoms with Crippen molar-refractivity contribution in [3.8, 4) is 0 Å². The van der Waals surface area contributed by atoms with Crippen molar-refractivity contribution in [3.63, 3.8) is 0 Å². The van der Waals surface area contributed by atoms with Gasteiger partial charge in [-0.25, -0.2) is 9.59 Å². The molecule has 0 aliphatic heterocycles. The summed E-state index contributed by atoms with van der Waals surface area (Å²) < 4.78 is 0. The SMILES string of the molecule is C=C(C(=O)OOCC)C(C)C(=O)OOCC. The van der Waals surface area contributed by atoms with E-state index in [0.717, 1.165) is 0 Å². The molecule has 0 saturated heterocycles. The number of hydrogen-bond acceptors (Lipinski definition) is 6. The molecule has 0 aromatic heterocycles. The lowest BCUT2D eigenvalue weighted by atomic mass is 10.0. The number of carbonyl (C=O) groups is 2. The van der Waals surface area contributed by atoms with Crippen molar-refractivity contribution in [2.75, 3.05) is 13.2 Å². The van der Waals surface area contributed by atoms with E-state index in [1.165, 1.54) is 6.92 Å². The minimum absolute atomic E-state index is 0.0573. The van der Waals surface area contributed by atoms with E-state index >= 15 is 0 Å². The Hall–Kier alpha value is -1.40. The maximum absolute atomic E-state index is 11.3. The van der Waals surface area contributed by atoms with Crippen molar-refractivity contribution in [2.45, 2.75) is 20.8 Å². The number of carbonyl (C=O) groups excluding carboxylic acids is 2. The second-order valence-electron chi connectivity index (χ2n) is 2.83. The highest BCUT2D eigenvalue weighted by molar-refractivity contribution is 5.94. The van der Waals surface area contributed by atoms with Crippen molar-refractivity contribution >= 4 is 11.9 Å². The lowest BCUT2D eigenvalue weighted by Gasteiger charge is -2.10. The van der Waals surface area contributed by atoms with Crippen LogP contribution in [-0.2, 0) is 29.1 Å². The standard InChI is InChI=1S/C10H16O6/c1-5-13-15-9(11)7(3)8(4)10(12)16-14-6-2/h8H,3,5-6H2,1-2,4H3. The Morgan fingerprint density at radius 1 is 1.12 bits per heavy atom. The summed E-state index contributed by atoms with van der Waals surface area (Å²) in [7, 11) is 0. The molecule has 0 aromatic rings. The zero-order valence-corrected chi connectivity index (χ0v) is 9.65. The Morgan fingerprint density at radius 3 is 2.12 bits per heavy atom. The molecule has 0 amide bonds. The van der Waals surface area contributed by atoms with Gasteiger partial charge in [-0.1, -0.05) is 6.58 Å². The lowest BCUT2D eigenvalue weighted by Crippen LogP contribution is -2.22. The van der Waals surface area contributed by atoms with Crippen LogP contribution in [0.2, 0.25) is 0 Å². The van der Waals surface area contributed by atoms with Crippen LogP contribution in [0.3, 0.4) is 0 Å². The molecule has 0 N–H and O–H groups in total. The molecule has 0 radical (unpaired) electrons. The van der Waals surface area contributed by atoms with E-state index in [9.17, 15) is 9.59 Å². The minimum atomic E-state index is -0.848. The molecule has 0 rings (SSSR count). The molecule has 0 saturated carbocycles. The van der Waals surface area contributed by atoms with Crippen molar-refractivity contribution in [3.05, 3.63) is 12.2 Å². The van der Waals surface area contributed by atoms with Crippen LogP contribution in [0.4, 0.5) is 0 Å². The summed E-state index contributed by atoms with van der Waals surface area (Å²) in [6.07, 6.45) is 0. The van der Waals surface area contributed by atoms with Gasteiger partial charge in [-0.05, 0) is 20.8 Å². The molecule has 0 heterocycles. The van der Waals surface area contributed by atoms with Gasteiger partial charge in [-0.3, -0.25) is 9.78 Å². The first-order valence-corrected chi connectivity index (χ1v) is 4.90. The molecule has 0 aliphatic rings. The molecule has 6 heteroatoms. The number of hydrogen-bond donors (Lipinski definition) is 0. The third-order valence-corrected chi connectivity index (χ3v) is 1.65. The van der Waals surface area contributed by atoms with Crippen molar-refractivity contribution in [1.82, 2.24) is 0 Å². The van der Waals surface area contributed by atoms with Gasteiger partial charge < -0.3 is 0 Å². The lowest BCUT2D eigenvalue weighted by molar-refractivity contribution is -0.274. The van der Waals surface area contributed by atoms with Crippen molar-refractivity contribution < 1.29 is 29.1 Å². The third-order valence-electron chi connectivity index (χ3n) is 1.65. The maximum Gasteiger partial charge on any atom is 0.369 e. The van der Waals surface area contributed by atoms with E-state index in [1.54, 1.807) is 13.8 Å². The second kappa shape index (κ2) is 7.84. The summed E-state index contributed by atoms with van der Waals surface area (Å²) in [6, 6.07) is 0. The highest BCUT2D eigenvalue weighted by Gasteiger charge is 2.25. The van der Waals surface area contributed by atoms with Gasteiger partial charge >= 0.3 is 11.9 Å². The summed E-state index contributed by atoms with van der Waals surface area (Å²) in [5.41, 5.74) is -0.0573. The van der Waals surface area contributed by atoms with Crippen LogP contribution in [-0.4, -0.2) is 25.2 Å². The summed E-state index contributed by atoms with van der Waals surface area (Å²) in [6.45, 7) is 8.65. The summed E-state index contributed by atoms with van der Waals surface area (Å²) >= 11 is 0. The van der Waals surface area contributed by atoms with Crippen molar-refractivity contribution in [2.24, 2.45) is 5.92 Å². The quantitative estimate of drug-likeness (QED) is 0.373. The molecule has 0 aliphatic carbocycles. The predicted molar refractivity (Wildman–Crippen MR) is 53.7 cm³/mol. The van der Waals surface area contributed by atoms with E-state index in [-0.39, 0.29) is 18.8 Å².